The SMILES string of the molecule is O=C(NC1CCN(c2ccccc2C(=O)N2CCN(C3CCCCCC3)CC2)CC1)c1cc(F)cc(F)c1. The Kier molecular flexibility index (Phi) is 8.57. The first kappa shape index (κ1) is 26.6. The highest BCUT2D eigenvalue weighted by Gasteiger charge is 2.30. The minimum Gasteiger partial charge on any atom is -0.371 e. The molecule has 1 N–H and O–H groups in total. The predicted octanol–water partition coefficient (Wildman–Crippen LogP) is 4.84. The number of amides is 2. The molecule has 3 fully saturated rings. The number of piperazine rings is 1. The minimum atomic E-state index is -0.767. The molecule has 3 aliphatic rings. The van der Waals surface area contributed by atoms with E-state index in [2.05, 4.69) is 15.1 Å². The summed E-state index contributed by atoms with van der Waals surface area (Å²) in [6.45, 7) is 4.78. The highest BCUT2D eigenvalue weighted by molar-refractivity contribution is 6.00. The molecule has 0 unspecified atom stereocenters. The van der Waals surface area contributed by atoms with Crippen molar-refractivity contribution in [2.75, 3.05) is 44.2 Å². The molecule has 0 radical (unpaired) electrons. The molecular weight excluding hydrogens is 486 g/mol. The molecule has 38 heavy (non-hydrogen) atoms. The molecular formula is C30H38F2N4O2. The maximum absolute atomic E-state index is 13.6. The van der Waals surface area contributed by atoms with Crippen LogP contribution in [-0.4, -0.2) is 73.0 Å². The van der Waals surface area contributed by atoms with Gasteiger partial charge in [-0.25, -0.2) is 8.78 Å². The van der Waals surface area contributed by atoms with Crippen LogP contribution in [-0.2, 0) is 0 Å². The van der Waals surface area contributed by atoms with Gasteiger partial charge in [-0.05, 0) is 49.9 Å². The number of carbonyl (C=O) groups is 2. The fraction of sp³-hybridized carbons (Fsp3) is 0.533. The van der Waals surface area contributed by atoms with E-state index < -0.39 is 17.5 Å². The summed E-state index contributed by atoms with van der Waals surface area (Å²) in [5.74, 6) is -1.92. The summed E-state index contributed by atoms with van der Waals surface area (Å²) in [4.78, 5) is 32.9. The third-order valence-electron chi connectivity index (χ3n) is 8.37. The Morgan fingerprint density at radius 2 is 1.39 bits per heavy atom. The molecule has 0 aromatic heterocycles. The summed E-state index contributed by atoms with van der Waals surface area (Å²) in [5.41, 5.74) is 1.65. The van der Waals surface area contributed by atoms with Crippen molar-refractivity contribution in [3.05, 3.63) is 65.2 Å². The lowest BCUT2D eigenvalue weighted by Gasteiger charge is -2.40. The first-order chi connectivity index (χ1) is 18.5. The van der Waals surface area contributed by atoms with Crippen molar-refractivity contribution in [2.24, 2.45) is 0 Å². The molecule has 2 aromatic rings. The van der Waals surface area contributed by atoms with Gasteiger partial charge in [0.25, 0.3) is 11.8 Å². The number of hydrogen-bond acceptors (Lipinski definition) is 4. The van der Waals surface area contributed by atoms with Crippen LogP contribution >= 0.6 is 0 Å². The third kappa shape index (κ3) is 6.34. The van der Waals surface area contributed by atoms with Crippen LogP contribution in [0, 0.1) is 11.6 Å². The molecule has 0 bridgehead atoms. The van der Waals surface area contributed by atoms with Crippen LogP contribution in [0.25, 0.3) is 0 Å². The zero-order valence-electron chi connectivity index (χ0n) is 22.0. The van der Waals surface area contributed by atoms with Gasteiger partial charge in [0.1, 0.15) is 11.6 Å². The van der Waals surface area contributed by atoms with Gasteiger partial charge in [0.05, 0.1) is 5.56 Å². The van der Waals surface area contributed by atoms with Crippen LogP contribution in [0.15, 0.2) is 42.5 Å². The summed E-state index contributed by atoms with van der Waals surface area (Å²) in [7, 11) is 0. The molecule has 1 aliphatic carbocycles. The number of carbonyl (C=O) groups excluding carboxylic acids is 2. The van der Waals surface area contributed by atoms with Crippen LogP contribution in [0.1, 0.15) is 72.1 Å². The second-order valence-corrected chi connectivity index (χ2v) is 10.9. The van der Waals surface area contributed by atoms with Gasteiger partial charge in [-0.15, -0.1) is 0 Å². The zero-order valence-corrected chi connectivity index (χ0v) is 22.0. The molecule has 1 saturated carbocycles. The fourth-order valence-electron chi connectivity index (χ4n) is 6.23. The maximum Gasteiger partial charge on any atom is 0.256 e. The average Bonchev–Trinajstić information content (AvgIpc) is 3.22. The normalized spacial score (nSPS) is 20.3. The molecule has 2 amide bonds. The Morgan fingerprint density at radius 3 is 2.05 bits per heavy atom. The molecule has 0 spiro atoms. The van der Waals surface area contributed by atoms with E-state index in [0.29, 0.717) is 32.0 Å². The standard InChI is InChI=1S/C30H38F2N4O2/c31-23-19-22(20-24(32)21-23)29(37)33-25-11-13-35(14-12-25)28-10-6-5-9-27(28)30(38)36-17-15-34(16-18-36)26-7-3-1-2-4-8-26/h5-6,9-10,19-21,25-26H,1-4,7-8,11-18H2,(H,33,37). The highest BCUT2D eigenvalue weighted by Crippen LogP contribution is 2.27. The summed E-state index contributed by atoms with van der Waals surface area (Å²) in [6.07, 6.45) is 9.28. The van der Waals surface area contributed by atoms with Crippen LogP contribution < -0.4 is 10.2 Å². The molecule has 8 heteroatoms. The number of hydrogen-bond donors (Lipinski definition) is 1. The van der Waals surface area contributed by atoms with Crippen molar-refractivity contribution in [2.45, 2.75) is 63.5 Å². The van der Waals surface area contributed by atoms with Crippen molar-refractivity contribution in [1.29, 1.82) is 0 Å². The Labute approximate surface area is 224 Å². The van der Waals surface area contributed by atoms with E-state index >= 15 is 0 Å². The van der Waals surface area contributed by atoms with Gasteiger partial charge in [0, 0.05) is 68.7 Å². The number of rotatable bonds is 5. The van der Waals surface area contributed by atoms with E-state index in [9.17, 15) is 18.4 Å². The van der Waals surface area contributed by atoms with Crippen LogP contribution in [0.5, 0.6) is 0 Å². The number of benzene rings is 2. The van der Waals surface area contributed by atoms with E-state index in [1.165, 1.54) is 38.5 Å². The Morgan fingerprint density at radius 1 is 0.763 bits per heavy atom. The van der Waals surface area contributed by atoms with E-state index in [1.54, 1.807) is 0 Å². The molecule has 2 aliphatic heterocycles. The first-order valence-corrected chi connectivity index (χ1v) is 14.1. The van der Waals surface area contributed by atoms with Gasteiger partial charge >= 0.3 is 0 Å². The Balaban J connectivity index is 1.16. The number of nitrogens with zero attached hydrogens (tertiary/aromatic N) is 3. The van der Waals surface area contributed by atoms with Gasteiger partial charge in [-0.1, -0.05) is 37.8 Å². The van der Waals surface area contributed by atoms with E-state index in [-0.39, 0.29) is 17.5 Å². The van der Waals surface area contributed by atoms with Crippen molar-refractivity contribution < 1.29 is 18.4 Å². The van der Waals surface area contributed by atoms with E-state index in [4.69, 9.17) is 0 Å². The molecule has 0 atom stereocenters. The van der Waals surface area contributed by atoms with Gasteiger partial charge in [-0.2, -0.15) is 0 Å². The first-order valence-electron chi connectivity index (χ1n) is 14.1. The summed E-state index contributed by atoms with van der Waals surface area (Å²) >= 11 is 0. The highest BCUT2D eigenvalue weighted by atomic mass is 19.1. The number of halogens is 2. The van der Waals surface area contributed by atoms with E-state index in [1.807, 2.05) is 29.2 Å². The van der Waals surface area contributed by atoms with E-state index in [0.717, 1.165) is 55.6 Å². The second-order valence-electron chi connectivity index (χ2n) is 10.9. The largest absolute Gasteiger partial charge is 0.371 e. The van der Waals surface area contributed by atoms with Gasteiger partial charge in [0.15, 0.2) is 0 Å². The number of anilines is 1. The van der Waals surface area contributed by atoms with Crippen molar-refractivity contribution >= 4 is 17.5 Å². The lowest BCUT2D eigenvalue weighted by Crippen LogP contribution is -2.52. The van der Waals surface area contributed by atoms with Crippen LogP contribution in [0.3, 0.4) is 0 Å². The number of para-hydroxylation sites is 1. The predicted molar refractivity (Wildman–Crippen MR) is 144 cm³/mol. The van der Waals surface area contributed by atoms with Gasteiger partial charge < -0.3 is 15.1 Å². The zero-order chi connectivity index (χ0) is 26.5. The smallest absolute Gasteiger partial charge is 0.256 e. The van der Waals surface area contributed by atoms with Crippen LogP contribution in [0.4, 0.5) is 14.5 Å². The Bertz CT molecular complexity index is 1100. The summed E-state index contributed by atoms with van der Waals surface area (Å²) in [6, 6.07) is 11.2. The van der Waals surface area contributed by atoms with Crippen LogP contribution in [0.2, 0.25) is 0 Å². The molecule has 2 saturated heterocycles. The molecule has 2 aromatic carbocycles. The Hall–Kier alpha value is -3.00. The second kappa shape index (κ2) is 12.2. The lowest BCUT2D eigenvalue weighted by atomic mass is 10.0. The maximum atomic E-state index is 13.6. The summed E-state index contributed by atoms with van der Waals surface area (Å²) < 4.78 is 27.0. The van der Waals surface area contributed by atoms with Crippen molar-refractivity contribution in [1.82, 2.24) is 15.1 Å². The van der Waals surface area contributed by atoms with Gasteiger partial charge in [-0.3, -0.25) is 14.5 Å². The number of nitrogens with one attached hydrogen (secondary N) is 1. The van der Waals surface area contributed by atoms with Crippen molar-refractivity contribution in [3.8, 4) is 0 Å². The fourth-order valence-corrected chi connectivity index (χ4v) is 6.23. The number of piperidine rings is 1. The van der Waals surface area contributed by atoms with Crippen molar-refractivity contribution in [3.63, 3.8) is 0 Å². The molecule has 5 rings (SSSR count). The molecule has 6 nitrogen and oxygen atoms in total. The summed E-state index contributed by atoms with van der Waals surface area (Å²) in [5, 5.41) is 2.91. The average molecular weight is 525 g/mol. The lowest BCUT2D eigenvalue weighted by molar-refractivity contribution is 0.0552. The third-order valence-corrected chi connectivity index (χ3v) is 8.37. The molecule has 204 valence electrons. The minimum absolute atomic E-state index is 0.0139. The molecule has 2 heterocycles. The topological polar surface area (TPSA) is 55.9 Å². The quantitative estimate of drug-likeness (QED) is 0.569. The van der Waals surface area contributed by atoms with Gasteiger partial charge in [0.2, 0.25) is 0 Å². The monoisotopic (exact) mass is 524 g/mol.